The lowest BCUT2D eigenvalue weighted by atomic mass is 9.98. The summed E-state index contributed by atoms with van der Waals surface area (Å²) in [5.74, 6) is 0.958. The van der Waals surface area contributed by atoms with Crippen LogP contribution in [0.1, 0.15) is 10.4 Å². The summed E-state index contributed by atoms with van der Waals surface area (Å²) < 4.78 is 0. The SMILES string of the molecule is CN(C)CC1CSc2c(Cl)cc(Cl)cc2C1=O.Cl. The van der Waals surface area contributed by atoms with Gasteiger partial charge < -0.3 is 4.90 Å². The standard InChI is InChI=1S/C12H13Cl2NOS.ClH/c1-15(2)5-7-6-17-12-9(11(7)16)3-8(13)4-10(12)14;/h3-4,7H,5-6H2,1-2H3;1H. The van der Waals surface area contributed by atoms with Crippen molar-refractivity contribution in [2.45, 2.75) is 4.90 Å². The molecule has 1 aliphatic heterocycles. The van der Waals surface area contributed by atoms with Crippen LogP contribution in [0, 0.1) is 5.92 Å². The first-order valence-electron chi connectivity index (χ1n) is 5.30. The predicted octanol–water partition coefficient (Wildman–Crippen LogP) is 3.88. The summed E-state index contributed by atoms with van der Waals surface area (Å²) in [7, 11) is 3.94. The summed E-state index contributed by atoms with van der Waals surface area (Å²) in [5, 5.41) is 1.10. The molecule has 2 nitrogen and oxygen atoms in total. The van der Waals surface area contributed by atoms with E-state index in [2.05, 4.69) is 0 Å². The van der Waals surface area contributed by atoms with Crippen molar-refractivity contribution in [3.63, 3.8) is 0 Å². The van der Waals surface area contributed by atoms with Crippen LogP contribution in [-0.2, 0) is 0 Å². The summed E-state index contributed by atoms with van der Waals surface area (Å²) in [6, 6.07) is 3.41. The van der Waals surface area contributed by atoms with Crippen molar-refractivity contribution in [1.29, 1.82) is 0 Å². The number of nitrogens with zero attached hydrogens (tertiary/aromatic N) is 1. The number of thioether (sulfide) groups is 1. The maximum absolute atomic E-state index is 12.3. The highest BCUT2D eigenvalue weighted by Gasteiger charge is 2.29. The average Bonchev–Trinajstić information content (AvgIpc) is 2.22. The Morgan fingerprint density at radius 1 is 1.39 bits per heavy atom. The molecule has 0 aromatic heterocycles. The molecule has 2 rings (SSSR count). The molecule has 1 aliphatic rings. The van der Waals surface area contributed by atoms with Crippen molar-refractivity contribution in [2.75, 3.05) is 26.4 Å². The molecule has 0 N–H and O–H groups in total. The highest BCUT2D eigenvalue weighted by molar-refractivity contribution is 7.99. The van der Waals surface area contributed by atoms with Gasteiger partial charge in [0.15, 0.2) is 5.78 Å². The Hall–Kier alpha value is 0.0700. The number of ketones is 1. The molecule has 0 fully saturated rings. The summed E-state index contributed by atoms with van der Waals surface area (Å²) in [4.78, 5) is 15.2. The highest BCUT2D eigenvalue weighted by atomic mass is 35.5. The third-order valence-corrected chi connectivity index (χ3v) is 4.58. The Balaban J connectivity index is 0.00000162. The summed E-state index contributed by atoms with van der Waals surface area (Å²) in [6.07, 6.45) is 0. The number of carbonyl (C=O) groups is 1. The largest absolute Gasteiger partial charge is 0.309 e. The van der Waals surface area contributed by atoms with Gasteiger partial charge in [-0.05, 0) is 26.2 Å². The topological polar surface area (TPSA) is 20.3 Å². The van der Waals surface area contributed by atoms with Gasteiger partial charge in [0.1, 0.15) is 0 Å². The molecule has 1 aromatic rings. The van der Waals surface area contributed by atoms with Crippen molar-refractivity contribution in [3.8, 4) is 0 Å². The number of rotatable bonds is 2. The smallest absolute Gasteiger partial charge is 0.169 e. The number of hydrogen-bond acceptors (Lipinski definition) is 3. The first-order valence-corrected chi connectivity index (χ1v) is 7.04. The Bertz CT molecular complexity index is 465. The lowest BCUT2D eigenvalue weighted by Crippen LogP contribution is -2.32. The van der Waals surface area contributed by atoms with Gasteiger partial charge in [-0.1, -0.05) is 23.2 Å². The van der Waals surface area contributed by atoms with Gasteiger partial charge in [0.05, 0.1) is 5.02 Å². The summed E-state index contributed by atoms with van der Waals surface area (Å²) in [5.41, 5.74) is 0.672. The minimum atomic E-state index is 0. The molecule has 0 aliphatic carbocycles. The second-order valence-corrected chi connectivity index (χ2v) is 6.27. The van der Waals surface area contributed by atoms with Crippen LogP contribution < -0.4 is 0 Å². The first kappa shape index (κ1) is 16.1. The molecule has 1 heterocycles. The van der Waals surface area contributed by atoms with E-state index in [4.69, 9.17) is 23.2 Å². The molecule has 0 radical (unpaired) electrons. The minimum absolute atomic E-state index is 0. The van der Waals surface area contributed by atoms with E-state index in [9.17, 15) is 4.79 Å². The van der Waals surface area contributed by atoms with Gasteiger partial charge in [0.25, 0.3) is 0 Å². The number of fused-ring (bicyclic) bond motifs is 1. The zero-order valence-corrected chi connectivity index (χ0v) is 13.2. The van der Waals surface area contributed by atoms with Crippen LogP contribution in [0.25, 0.3) is 0 Å². The van der Waals surface area contributed by atoms with Gasteiger partial charge in [-0.15, -0.1) is 24.2 Å². The molecule has 0 bridgehead atoms. The van der Waals surface area contributed by atoms with Crippen LogP contribution in [0.4, 0.5) is 0 Å². The molecule has 0 saturated carbocycles. The Labute approximate surface area is 127 Å². The van der Waals surface area contributed by atoms with Gasteiger partial charge in [-0.3, -0.25) is 4.79 Å². The van der Waals surface area contributed by atoms with E-state index >= 15 is 0 Å². The number of halogens is 3. The Morgan fingerprint density at radius 3 is 2.67 bits per heavy atom. The van der Waals surface area contributed by atoms with Crippen LogP contribution >= 0.6 is 47.4 Å². The lowest BCUT2D eigenvalue weighted by Gasteiger charge is -2.25. The molecule has 0 saturated heterocycles. The summed E-state index contributed by atoms with van der Waals surface area (Å²) in [6.45, 7) is 0.759. The van der Waals surface area contributed by atoms with Crippen molar-refractivity contribution in [3.05, 3.63) is 27.7 Å². The van der Waals surface area contributed by atoms with E-state index in [-0.39, 0.29) is 24.1 Å². The second kappa shape index (κ2) is 6.49. The van der Waals surface area contributed by atoms with Crippen molar-refractivity contribution in [1.82, 2.24) is 4.90 Å². The molecular weight excluding hydrogens is 313 g/mol. The number of benzene rings is 1. The molecule has 18 heavy (non-hydrogen) atoms. The van der Waals surface area contributed by atoms with Crippen molar-refractivity contribution in [2.24, 2.45) is 5.92 Å². The fourth-order valence-corrected chi connectivity index (χ4v) is 3.74. The Morgan fingerprint density at radius 2 is 2.06 bits per heavy atom. The third kappa shape index (κ3) is 3.34. The van der Waals surface area contributed by atoms with E-state index in [1.165, 1.54) is 0 Å². The maximum atomic E-state index is 12.3. The normalized spacial score (nSPS) is 18.5. The third-order valence-electron chi connectivity index (χ3n) is 2.66. The van der Waals surface area contributed by atoms with E-state index in [1.54, 1.807) is 23.9 Å². The average molecular weight is 327 g/mol. The zero-order chi connectivity index (χ0) is 12.6. The van der Waals surface area contributed by atoms with Crippen LogP contribution in [0.5, 0.6) is 0 Å². The van der Waals surface area contributed by atoms with Gasteiger partial charge in [-0.2, -0.15) is 0 Å². The first-order chi connectivity index (χ1) is 7.99. The molecule has 100 valence electrons. The van der Waals surface area contributed by atoms with Gasteiger partial charge in [-0.25, -0.2) is 0 Å². The van der Waals surface area contributed by atoms with Gasteiger partial charge >= 0.3 is 0 Å². The quantitative estimate of drug-likeness (QED) is 0.822. The fourth-order valence-electron chi connectivity index (χ4n) is 1.95. The predicted molar refractivity (Wildman–Crippen MR) is 80.8 cm³/mol. The molecular formula is C12H14Cl3NOS. The van der Waals surface area contributed by atoms with E-state index in [1.807, 2.05) is 19.0 Å². The lowest BCUT2D eigenvalue weighted by molar-refractivity contribution is 0.0907. The van der Waals surface area contributed by atoms with Crippen LogP contribution in [0.2, 0.25) is 10.0 Å². The van der Waals surface area contributed by atoms with Crippen LogP contribution in [0.3, 0.4) is 0 Å². The van der Waals surface area contributed by atoms with E-state index in [0.29, 0.717) is 15.6 Å². The van der Waals surface area contributed by atoms with Gasteiger partial charge in [0, 0.05) is 33.7 Å². The highest BCUT2D eigenvalue weighted by Crippen LogP contribution is 2.39. The zero-order valence-electron chi connectivity index (χ0n) is 10.1. The number of hydrogen-bond donors (Lipinski definition) is 0. The molecule has 1 atom stereocenters. The molecule has 0 spiro atoms. The molecule has 0 amide bonds. The maximum Gasteiger partial charge on any atom is 0.169 e. The summed E-state index contributed by atoms with van der Waals surface area (Å²) >= 11 is 13.7. The second-order valence-electron chi connectivity index (χ2n) is 4.40. The van der Waals surface area contributed by atoms with E-state index < -0.39 is 0 Å². The molecule has 1 unspecified atom stereocenters. The van der Waals surface area contributed by atoms with Crippen molar-refractivity contribution >= 4 is 53.2 Å². The Kier molecular flexibility index (Phi) is 5.81. The van der Waals surface area contributed by atoms with Crippen molar-refractivity contribution < 1.29 is 4.79 Å². The van der Waals surface area contributed by atoms with Gasteiger partial charge in [0.2, 0.25) is 0 Å². The minimum Gasteiger partial charge on any atom is -0.309 e. The van der Waals surface area contributed by atoms with Crippen LogP contribution in [0.15, 0.2) is 17.0 Å². The molecule has 6 heteroatoms. The number of carbonyl (C=O) groups excluding carboxylic acids is 1. The fraction of sp³-hybridized carbons (Fsp3) is 0.417. The molecule has 1 aromatic carbocycles. The van der Waals surface area contributed by atoms with E-state index in [0.717, 1.165) is 17.2 Å². The monoisotopic (exact) mass is 325 g/mol. The van der Waals surface area contributed by atoms with Crippen LogP contribution in [-0.4, -0.2) is 37.1 Å². The number of Topliss-reactive ketones (excluding diaryl/α,β-unsaturated/α-hetero) is 1.